The number of phenolic OH excluding ortho intramolecular Hbond substituents is 1. The number of halogens is 1. The fraction of sp³-hybridized carbons (Fsp3) is 0.143. The molecule has 2 amide bonds. The molecule has 1 aromatic heterocycles. The third-order valence-corrected chi connectivity index (χ3v) is 3.07. The van der Waals surface area contributed by atoms with Crippen molar-refractivity contribution in [2.24, 2.45) is 0 Å². The van der Waals surface area contributed by atoms with Gasteiger partial charge >= 0.3 is 0 Å². The van der Waals surface area contributed by atoms with Crippen LogP contribution in [0.5, 0.6) is 5.75 Å². The maximum atomic E-state index is 11.8. The summed E-state index contributed by atoms with van der Waals surface area (Å²) in [6.45, 7) is 0.483. The van der Waals surface area contributed by atoms with Crippen molar-refractivity contribution in [3.63, 3.8) is 0 Å². The lowest BCUT2D eigenvalue weighted by molar-refractivity contribution is 0.0909. The molecule has 2 aromatic rings. The van der Waals surface area contributed by atoms with Crippen molar-refractivity contribution in [2.45, 2.75) is 0 Å². The Labute approximate surface area is 129 Å². The first kappa shape index (κ1) is 15.1. The second-order valence-electron chi connectivity index (χ2n) is 4.13. The molecular formula is C14H13BrN2O4. The molecule has 0 bridgehead atoms. The lowest BCUT2D eigenvalue weighted by Crippen LogP contribution is -2.34. The number of amides is 2. The van der Waals surface area contributed by atoms with Gasteiger partial charge in [-0.25, -0.2) is 0 Å². The number of phenols is 1. The second kappa shape index (κ2) is 6.94. The Morgan fingerprint density at radius 2 is 1.71 bits per heavy atom. The van der Waals surface area contributed by atoms with Gasteiger partial charge in [-0.05, 0) is 40.2 Å². The molecule has 1 heterocycles. The summed E-state index contributed by atoms with van der Waals surface area (Å²) in [5, 5.41) is 14.7. The van der Waals surface area contributed by atoms with E-state index in [1.54, 1.807) is 24.3 Å². The molecule has 0 spiro atoms. The SMILES string of the molecule is O=C(NCCNC(=O)c1ccccc1O)c1ccc(Br)o1. The fourth-order valence-corrected chi connectivity index (χ4v) is 1.94. The van der Waals surface area contributed by atoms with E-state index in [0.717, 1.165) is 0 Å². The molecule has 21 heavy (non-hydrogen) atoms. The largest absolute Gasteiger partial charge is 0.507 e. The highest BCUT2D eigenvalue weighted by Gasteiger charge is 2.11. The van der Waals surface area contributed by atoms with Crippen LogP contribution in [0.15, 0.2) is 45.5 Å². The summed E-state index contributed by atoms with van der Waals surface area (Å²) in [7, 11) is 0. The predicted molar refractivity (Wildman–Crippen MR) is 79.2 cm³/mol. The Morgan fingerprint density at radius 3 is 2.33 bits per heavy atom. The van der Waals surface area contributed by atoms with Crippen molar-refractivity contribution in [1.82, 2.24) is 10.6 Å². The number of nitrogens with one attached hydrogen (secondary N) is 2. The van der Waals surface area contributed by atoms with Gasteiger partial charge in [-0.3, -0.25) is 9.59 Å². The Balaban J connectivity index is 1.76. The van der Waals surface area contributed by atoms with Gasteiger partial charge in [-0.2, -0.15) is 0 Å². The summed E-state index contributed by atoms with van der Waals surface area (Å²) in [5.41, 5.74) is 0.193. The van der Waals surface area contributed by atoms with E-state index in [4.69, 9.17) is 4.42 Å². The molecule has 0 aliphatic carbocycles. The second-order valence-corrected chi connectivity index (χ2v) is 4.91. The molecule has 0 radical (unpaired) electrons. The molecule has 0 fully saturated rings. The first-order chi connectivity index (χ1) is 10.1. The highest BCUT2D eigenvalue weighted by Crippen LogP contribution is 2.15. The maximum absolute atomic E-state index is 11.8. The van der Waals surface area contributed by atoms with Crippen LogP contribution in [0.2, 0.25) is 0 Å². The molecule has 6 nitrogen and oxygen atoms in total. The number of carbonyl (C=O) groups excluding carboxylic acids is 2. The normalized spacial score (nSPS) is 10.1. The third kappa shape index (κ3) is 4.09. The predicted octanol–water partition coefficient (Wildman–Crippen LogP) is 1.91. The average Bonchev–Trinajstić information content (AvgIpc) is 2.90. The molecule has 0 saturated carbocycles. The van der Waals surface area contributed by atoms with Crippen molar-refractivity contribution in [2.75, 3.05) is 13.1 Å². The smallest absolute Gasteiger partial charge is 0.287 e. The van der Waals surface area contributed by atoms with Crippen molar-refractivity contribution < 1.29 is 19.1 Å². The minimum Gasteiger partial charge on any atom is -0.507 e. The zero-order valence-electron chi connectivity index (χ0n) is 10.9. The van der Waals surface area contributed by atoms with E-state index in [2.05, 4.69) is 26.6 Å². The van der Waals surface area contributed by atoms with Crippen molar-refractivity contribution in [1.29, 1.82) is 0 Å². The van der Waals surface area contributed by atoms with Gasteiger partial charge in [0.2, 0.25) is 0 Å². The van der Waals surface area contributed by atoms with Gasteiger partial charge in [0.15, 0.2) is 10.4 Å². The summed E-state index contributed by atoms with van der Waals surface area (Å²) in [5.74, 6) is -0.658. The molecule has 110 valence electrons. The number of hydrogen-bond donors (Lipinski definition) is 3. The van der Waals surface area contributed by atoms with Crippen LogP contribution in [0.3, 0.4) is 0 Å². The van der Waals surface area contributed by atoms with Gasteiger partial charge in [0.05, 0.1) is 5.56 Å². The molecule has 0 aliphatic heterocycles. The van der Waals surface area contributed by atoms with Crippen molar-refractivity contribution in [3.05, 3.63) is 52.4 Å². The first-order valence-corrected chi connectivity index (χ1v) is 6.97. The summed E-state index contributed by atoms with van der Waals surface area (Å²) in [6, 6.07) is 9.41. The van der Waals surface area contributed by atoms with Crippen LogP contribution in [-0.2, 0) is 0 Å². The van der Waals surface area contributed by atoms with Gasteiger partial charge < -0.3 is 20.2 Å². The van der Waals surface area contributed by atoms with Crippen molar-refractivity contribution >= 4 is 27.7 Å². The zero-order valence-corrected chi connectivity index (χ0v) is 12.5. The summed E-state index contributed by atoms with van der Waals surface area (Å²) in [4.78, 5) is 23.4. The van der Waals surface area contributed by atoms with Gasteiger partial charge in [0.1, 0.15) is 5.75 Å². The minimum atomic E-state index is -0.400. The average molecular weight is 353 g/mol. The van der Waals surface area contributed by atoms with E-state index >= 15 is 0 Å². The first-order valence-electron chi connectivity index (χ1n) is 6.17. The Hall–Kier alpha value is -2.28. The number of furan rings is 1. The van der Waals surface area contributed by atoms with Gasteiger partial charge in [-0.15, -0.1) is 0 Å². The number of hydrogen-bond acceptors (Lipinski definition) is 4. The fourth-order valence-electron chi connectivity index (χ4n) is 1.64. The number of para-hydroxylation sites is 1. The van der Waals surface area contributed by atoms with Crippen LogP contribution in [0, 0.1) is 0 Å². The quantitative estimate of drug-likeness (QED) is 0.716. The lowest BCUT2D eigenvalue weighted by atomic mass is 10.2. The molecule has 0 unspecified atom stereocenters. The van der Waals surface area contributed by atoms with Crippen LogP contribution < -0.4 is 10.6 Å². The number of carbonyl (C=O) groups is 2. The van der Waals surface area contributed by atoms with E-state index in [-0.39, 0.29) is 36.1 Å². The highest BCUT2D eigenvalue weighted by molar-refractivity contribution is 9.10. The zero-order chi connectivity index (χ0) is 15.2. The Morgan fingerprint density at radius 1 is 1.05 bits per heavy atom. The molecule has 2 rings (SSSR count). The van der Waals surface area contributed by atoms with E-state index in [1.165, 1.54) is 12.1 Å². The topological polar surface area (TPSA) is 91.6 Å². The third-order valence-electron chi connectivity index (χ3n) is 2.64. The van der Waals surface area contributed by atoms with Crippen molar-refractivity contribution in [3.8, 4) is 5.75 Å². The van der Waals surface area contributed by atoms with Crippen LogP contribution in [0.1, 0.15) is 20.9 Å². The summed E-state index contributed by atoms with van der Waals surface area (Å²) < 4.78 is 5.57. The molecule has 0 atom stereocenters. The van der Waals surface area contributed by atoms with Crippen LogP contribution >= 0.6 is 15.9 Å². The minimum absolute atomic E-state index is 0.0838. The number of rotatable bonds is 5. The van der Waals surface area contributed by atoms with Crippen LogP contribution in [0.25, 0.3) is 0 Å². The molecular weight excluding hydrogens is 340 g/mol. The van der Waals surface area contributed by atoms with E-state index in [0.29, 0.717) is 4.67 Å². The molecule has 1 aromatic carbocycles. The van der Waals surface area contributed by atoms with E-state index < -0.39 is 5.91 Å². The van der Waals surface area contributed by atoms with Gasteiger partial charge in [-0.1, -0.05) is 12.1 Å². The highest BCUT2D eigenvalue weighted by atomic mass is 79.9. The number of aromatic hydroxyl groups is 1. The van der Waals surface area contributed by atoms with Gasteiger partial charge in [0.25, 0.3) is 11.8 Å². The summed E-state index contributed by atoms with van der Waals surface area (Å²) in [6.07, 6.45) is 0. The van der Waals surface area contributed by atoms with Gasteiger partial charge in [0, 0.05) is 13.1 Å². The van der Waals surface area contributed by atoms with Crippen LogP contribution in [0.4, 0.5) is 0 Å². The molecule has 7 heteroatoms. The Bertz CT molecular complexity index is 654. The standard InChI is InChI=1S/C14H13BrN2O4/c15-12-6-5-11(21-12)14(20)17-8-7-16-13(19)9-3-1-2-4-10(9)18/h1-6,18H,7-8H2,(H,16,19)(H,17,20). The summed E-state index contributed by atoms with van der Waals surface area (Å²) >= 11 is 3.11. The number of benzene rings is 1. The molecule has 0 aliphatic rings. The maximum Gasteiger partial charge on any atom is 0.287 e. The monoisotopic (exact) mass is 352 g/mol. The lowest BCUT2D eigenvalue weighted by Gasteiger charge is -2.07. The molecule has 3 N–H and O–H groups in total. The van der Waals surface area contributed by atoms with E-state index in [9.17, 15) is 14.7 Å². The van der Waals surface area contributed by atoms with E-state index in [1.807, 2.05) is 0 Å². The molecule has 0 saturated heterocycles. The Kier molecular flexibility index (Phi) is 4.99. The van der Waals surface area contributed by atoms with Crippen LogP contribution in [-0.4, -0.2) is 30.0 Å².